The molecule has 358 valence electrons. The number of nitro benzene ring substituents is 1. The van der Waals surface area contributed by atoms with E-state index in [0.717, 1.165) is 56.0 Å². The Morgan fingerprint density at radius 3 is 2.54 bits per heavy atom. The largest absolute Gasteiger partial charge is 0.377 e. The van der Waals surface area contributed by atoms with Crippen LogP contribution in [0.2, 0.25) is 5.02 Å². The number of amides is 1. The first kappa shape index (κ1) is 46.1. The van der Waals surface area contributed by atoms with Gasteiger partial charge in [-0.25, -0.2) is 26.9 Å². The Morgan fingerprint density at radius 2 is 1.79 bits per heavy atom. The van der Waals surface area contributed by atoms with Crippen molar-refractivity contribution in [2.75, 3.05) is 74.2 Å². The van der Waals surface area contributed by atoms with E-state index < -0.39 is 62.2 Å². The number of carbonyl (C=O) groups excluding carboxylic acids is 1. The van der Waals surface area contributed by atoms with Crippen LogP contribution in [-0.2, 0) is 19.5 Å². The number of hydrogen-bond acceptors (Lipinski definition) is 12. The Kier molecular flexibility index (Phi) is 12.2. The Balaban J connectivity index is 0.953. The molecular weight excluding hydrogens is 918 g/mol. The molecule has 10 rings (SSSR count). The number of fused-ring (bicyclic) bond motifs is 4. The van der Waals surface area contributed by atoms with Gasteiger partial charge in [0.05, 0.1) is 58.4 Å². The minimum absolute atomic E-state index is 0.0618. The van der Waals surface area contributed by atoms with Gasteiger partial charge < -0.3 is 29.6 Å². The summed E-state index contributed by atoms with van der Waals surface area (Å²) in [5, 5.41) is 16.6. The van der Waals surface area contributed by atoms with Gasteiger partial charge in [0.1, 0.15) is 11.3 Å². The highest BCUT2D eigenvalue weighted by Crippen LogP contribution is 2.57. The highest BCUT2D eigenvalue weighted by Gasteiger charge is 2.55. The Labute approximate surface area is 398 Å². The van der Waals surface area contributed by atoms with Crippen LogP contribution >= 0.6 is 11.6 Å². The molecule has 0 radical (unpaired) electrons. The zero-order valence-electron chi connectivity index (χ0n) is 37.8. The number of pyridine rings is 1. The topological polar surface area (TPSA) is 175 Å². The second kappa shape index (κ2) is 18.0. The number of piperazine rings is 1. The van der Waals surface area contributed by atoms with Crippen LogP contribution in [-0.4, -0.2) is 111 Å². The number of alkyl halides is 2. The molecule has 1 amide bonds. The number of H-pyrrole nitrogens is 1. The van der Waals surface area contributed by atoms with Gasteiger partial charge in [-0.2, -0.15) is 0 Å². The van der Waals surface area contributed by atoms with Gasteiger partial charge >= 0.3 is 0 Å². The molecule has 0 spiro atoms. The summed E-state index contributed by atoms with van der Waals surface area (Å²) in [6.07, 6.45) is 3.50. The van der Waals surface area contributed by atoms with Gasteiger partial charge in [0.2, 0.25) is 0 Å². The molecule has 3 aliphatic heterocycles. The molecule has 2 aliphatic carbocycles. The summed E-state index contributed by atoms with van der Waals surface area (Å²) in [4.78, 5) is 39.8. The van der Waals surface area contributed by atoms with E-state index >= 15 is 8.78 Å². The SMILES string of the molecule is CC1(C)CCC(CN2CCN(c3ccc(C(=O)NS(=O)(=O)c4ccc(NC[C@H]5COCCO5)c([N+](=O)[O-])c4)c(N4c5cc6cc[nH]c6nc5C5CC(F)(F)CC54)c3)CC2)=C(c2ccc(Cl)cc2)C1. The molecule has 0 bridgehead atoms. The van der Waals surface area contributed by atoms with Crippen LogP contribution in [0.3, 0.4) is 0 Å². The molecule has 1 saturated carbocycles. The first-order chi connectivity index (χ1) is 32.5. The minimum atomic E-state index is -4.71. The van der Waals surface area contributed by atoms with E-state index in [1.165, 1.54) is 34.9 Å². The lowest BCUT2D eigenvalue weighted by molar-refractivity contribution is -0.384. The van der Waals surface area contributed by atoms with Gasteiger partial charge in [-0.3, -0.25) is 19.8 Å². The molecule has 3 aromatic carbocycles. The van der Waals surface area contributed by atoms with Gasteiger partial charge in [0, 0.05) is 92.4 Å². The van der Waals surface area contributed by atoms with Crippen molar-refractivity contribution in [2.45, 2.75) is 74.8 Å². The molecule has 5 aromatic rings. The van der Waals surface area contributed by atoms with Gasteiger partial charge in [0.25, 0.3) is 27.5 Å². The van der Waals surface area contributed by atoms with Gasteiger partial charge in [-0.15, -0.1) is 0 Å². The number of nitrogens with one attached hydrogen (secondary N) is 3. The van der Waals surface area contributed by atoms with Gasteiger partial charge in [-0.1, -0.05) is 43.2 Å². The molecule has 2 saturated heterocycles. The number of sulfonamides is 1. The lowest BCUT2D eigenvalue weighted by Crippen LogP contribution is -2.47. The first-order valence-corrected chi connectivity index (χ1v) is 24.9. The number of nitro groups is 1. The summed E-state index contributed by atoms with van der Waals surface area (Å²) in [6, 6.07) is 19.4. The van der Waals surface area contributed by atoms with Crippen LogP contribution in [0, 0.1) is 15.5 Å². The monoisotopic (exact) mass is 970 g/mol. The van der Waals surface area contributed by atoms with Crippen LogP contribution in [0.4, 0.5) is 37.2 Å². The van der Waals surface area contributed by atoms with E-state index in [-0.39, 0.29) is 35.0 Å². The number of carbonyl (C=O) groups is 1. The molecule has 5 aliphatic rings. The summed E-state index contributed by atoms with van der Waals surface area (Å²) in [6.45, 7) is 9.54. The average Bonchev–Trinajstić information content (AvgIpc) is 3.99. The van der Waals surface area contributed by atoms with Crippen LogP contribution in [0.25, 0.3) is 16.6 Å². The molecule has 5 heterocycles. The fourth-order valence-corrected chi connectivity index (χ4v) is 11.7. The number of ether oxygens (including phenoxy) is 2. The molecular formula is C49H53ClF2N8O7S. The first-order valence-electron chi connectivity index (χ1n) is 23.0. The third-order valence-corrected chi connectivity index (χ3v) is 15.7. The Morgan fingerprint density at radius 1 is 1.00 bits per heavy atom. The number of aromatic nitrogens is 2. The van der Waals surface area contributed by atoms with E-state index in [2.05, 4.69) is 50.8 Å². The van der Waals surface area contributed by atoms with Crippen molar-refractivity contribution < 1.29 is 36.4 Å². The summed E-state index contributed by atoms with van der Waals surface area (Å²) in [5.41, 5.74) is 6.23. The predicted molar refractivity (Wildman–Crippen MR) is 257 cm³/mol. The van der Waals surface area contributed by atoms with Gasteiger partial charge in [0.15, 0.2) is 0 Å². The molecule has 3 N–H and O–H groups in total. The smallest absolute Gasteiger partial charge is 0.293 e. The second-order valence-corrected chi connectivity index (χ2v) is 21.4. The average molecular weight is 972 g/mol. The molecule has 2 unspecified atom stereocenters. The summed E-state index contributed by atoms with van der Waals surface area (Å²) in [7, 11) is -4.71. The molecule has 68 heavy (non-hydrogen) atoms. The zero-order chi connectivity index (χ0) is 47.5. The van der Waals surface area contributed by atoms with E-state index in [9.17, 15) is 23.3 Å². The minimum Gasteiger partial charge on any atom is -0.377 e. The van der Waals surface area contributed by atoms with Crippen LogP contribution in [0.1, 0.15) is 73.5 Å². The maximum Gasteiger partial charge on any atom is 0.293 e. The van der Waals surface area contributed by atoms with E-state index in [4.69, 9.17) is 26.1 Å². The van der Waals surface area contributed by atoms with Crippen molar-refractivity contribution >= 4 is 72.6 Å². The molecule has 19 heteroatoms. The third-order valence-electron chi connectivity index (χ3n) is 14.1. The Hall–Kier alpha value is -5.66. The number of anilines is 4. The number of hydrogen-bond donors (Lipinski definition) is 3. The number of allylic oxidation sites excluding steroid dienone is 1. The Bertz CT molecular complexity index is 2920. The van der Waals surface area contributed by atoms with E-state index in [0.29, 0.717) is 55.0 Å². The lowest BCUT2D eigenvalue weighted by atomic mass is 9.72. The number of aromatic amines is 1. The predicted octanol–water partition coefficient (Wildman–Crippen LogP) is 8.89. The maximum absolute atomic E-state index is 15.5. The highest BCUT2D eigenvalue weighted by atomic mass is 35.5. The molecule has 3 fully saturated rings. The van der Waals surface area contributed by atoms with Crippen molar-refractivity contribution in [1.82, 2.24) is 19.6 Å². The van der Waals surface area contributed by atoms with Crippen molar-refractivity contribution in [3.63, 3.8) is 0 Å². The molecule has 2 aromatic heterocycles. The van der Waals surface area contributed by atoms with E-state index in [1.54, 1.807) is 23.2 Å². The zero-order valence-corrected chi connectivity index (χ0v) is 39.3. The number of benzene rings is 3. The molecule has 3 atom stereocenters. The normalized spacial score (nSPS) is 22.6. The van der Waals surface area contributed by atoms with Crippen LogP contribution in [0.15, 0.2) is 89.5 Å². The summed E-state index contributed by atoms with van der Waals surface area (Å²) >= 11 is 6.26. The third kappa shape index (κ3) is 9.28. The van der Waals surface area contributed by atoms with Crippen LogP contribution < -0.4 is 19.8 Å². The quantitative estimate of drug-likeness (QED) is 0.0802. The van der Waals surface area contributed by atoms with E-state index in [1.807, 2.05) is 24.3 Å². The maximum atomic E-state index is 15.5. The van der Waals surface area contributed by atoms with Crippen molar-refractivity contribution in [3.8, 4) is 0 Å². The highest BCUT2D eigenvalue weighted by molar-refractivity contribution is 7.90. The van der Waals surface area contributed by atoms with Crippen molar-refractivity contribution in [3.05, 3.63) is 117 Å². The lowest BCUT2D eigenvalue weighted by Gasteiger charge is -2.39. The number of halogens is 3. The number of nitrogens with zero attached hydrogens (tertiary/aromatic N) is 5. The summed E-state index contributed by atoms with van der Waals surface area (Å²) < 4.78 is 72.1. The standard InChI is InChI=1S/C49H53ClF2N8O7S/c1-48(2)13-11-32(38(24-48)30-3-5-33(50)6-4-30)28-57-15-17-58(18-16-57)34-7-9-37(41(22-34)59-43-21-31-12-14-53-46(31)55-45(43)39-25-49(51,52)26-44(39)59)47(61)56-68(64,65)36-8-10-40(42(23-36)60(62)63)54-27-35-29-66-19-20-67-35/h3-10,12,14,21-23,35,39,44,54H,11,13,15-20,24-29H2,1-2H3,(H,53,55)(H,56,61)/t35-,39?,44?/m0/s1. The van der Waals surface area contributed by atoms with Crippen LogP contribution in [0.5, 0.6) is 0 Å². The van der Waals surface area contributed by atoms with Crippen molar-refractivity contribution in [2.24, 2.45) is 5.41 Å². The van der Waals surface area contributed by atoms with Crippen molar-refractivity contribution in [1.29, 1.82) is 0 Å². The fourth-order valence-electron chi connectivity index (χ4n) is 10.6. The second-order valence-electron chi connectivity index (χ2n) is 19.3. The summed E-state index contributed by atoms with van der Waals surface area (Å²) in [5.74, 6) is -4.70. The number of rotatable bonds is 12. The molecule has 15 nitrogen and oxygen atoms in total. The fraction of sp³-hybridized carbons (Fsp3) is 0.429. The van der Waals surface area contributed by atoms with Gasteiger partial charge in [-0.05, 0) is 90.4 Å².